The molecule has 1 aromatic carbocycles. The molecule has 1 fully saturated rings. The lowest BCUT2D eigenvalue weighted by Gasteiger charge is -2.31. The zero-order valence-corrected chi connectivity index (χ0v) is 15.3. The van der Waals surface area contributed by atoms with E-state index in [1.807, 2.05) is 11.9 Å². The summed E-state index contributed by atoms with van der Waals surface area (Å²) in [6.45, 7) is 1.72. The van der Waals surface area contributed by atoms with Crippen molar-refractivity contribution in [3.05, 3.63) is 35.2 Å². The quantitative estimate of drug-likeness (QED) is 0.730. The van der Waals surface area contributed by atoms with Crippen molar-refractivity contribution in [2.45, 2.75) is 18.9 Å². The van der Waals surface area contributed by atoms with Gasteiger partial charge in [0.25, 0.3) is 5.91 Å². The van der Waals surface area contributed by atoms with Crippen LogP contribution < -0.4 is 5.32 Å². The normalized spacial score (nSPS) is 16.0. The fourth-order valence-corrected chi connectivity index (χ4v) is 5.62. The van der Waals surface area contributed by atoms with E-state index >= 15 is 0 Å². The van der Waals surface area contributed by atoms with Crippen LogP contribution in [-0.2, 0) is 0 Å². The number of nitrogens with one attached hydrogen (secondary N) is 1. The Labute approximate surface area is 149 Å². The van der Waals surface area contributed by atoms with E-state index in [1.165, 1.54) is 19.5 Å². The standard InChI is InChI=1S/C17H18N2OS2.ClH/c1-18-11-6-8-19(9-7-11)17(20)15-10-14-16(22-15)12-4-2-3-5-13(12)21-14;/h2-5,10-11,18H,6-9H2,1H3;1H. The predicted molar refractivity (Wildman–Crippen MR) is 102 cm³/mol. The second-order valence-electron chi connectivity index (χ2n) is 5.76. The SMILES string of the molecule is CNC1CCN(C(=O)c2cc3sc4ccccc4c3s2)CC1.Cl. The molecule has 0 bridgehead atoms. The molecule has 1 saturated heterocycles. The molecule has 4 rings (SSSR count). The van der Waals surface area contributed by atoms with Gasteiger partial charge >= 0.3 is 0 Å². The summed E-state index contributed by atoms with van der Waals surface area (Å²) in [5.74, 6) is 0.201. The zero-order chi connectivity index (χ0) is 15.1. The highest BCUT2D eigenvalue weighted by molar-refractivity contribution is 7.33. The number of piperidine rings is 1. The largest absolute Gasteiger partial charge is 0.338 e. The summed E-state index contributed by atoms with van der Waals surface area (Å²) >= 11 is 3.43. The highest BCUT2D eigenvalue weighted by Crippen LogP contribution is 2.39. The van der Waals surface area contributed by atoms with Crippen molar-refractivity contribution in [2.24, 2.45) is 0 Å². The van der Waals surface area contributed by atoms with Crippen molar-refractivity contribution < 1.29 is 4.79 Å². The van der Waals surface area contributed by atoms with E-state index in [1.54, 1.807) is 22.7 Å². The summed E-state index contributed by atoms with van der Waals surface area (Å²) in [5, 5.41) is 4.59. The lowest BCUT2D eigenvalue weighted by Crippen LogP contribution is -2.43. The number of thiophene rings is 2. The summed E-state index contributed by atoms with van der Waals surface area (Å²) in [7, 11) is 2.00. The lowest BCUT2D eigenvalue weighted by atomic mass is 10.1. The van der Waals surface area contributed by atoms with Crippen molar-refractivity contribution in [3.8, 4) is 0 Å². The molecule has 23 heavy (non-hydrogen) atoms. The van der Waals surface area contributed by atoms with Gasteiger partial charge in [-0.25, -0.2) is 0 Å². The van der Waals surface area contributed by atoms with E-state index in [4.69, 9.17) is 0 Å². The number of likely N-dealkylation sites (tertiary alicyclic amines) is 1. The number of hydrogen-bond acceptors (Lipinski definition) is 4. The average molecular weight is 367 g/mol. The van der Waals surface area contributed by atoms with E-state index in [0.717, 1.165) is 30.8 Å². The molecule has 3 heterocycles. The average Bonchev–Trinajstić information content (AvgIpc) is 3.12. The number of rotatable bonds is 2. The van der Waals surface area contributed by atoms with Gasteiger partial charge in [-0.05, 0) is 32.0 Å². The first-order chi connectivity index (χ1) is 10.8. The van der Waals surface area contributed by atoms with Gasteiger partial charge in [-0.1, -0.05) is 18.2 Å². The minimum atomic E-state index is 0. The summed E-state index contributed by atoms with van der Waals surface area (Å²) in [6.07, 6.45) is 2.09. The number of benzene rings is 1. The molecule has 1 aliphatic heterocycles. The van der Waals surface area contributed by atoms with E-state index in [-0.39, 0.29) is 18.3 Å². The van der Waals surface area contributed by atoms with Crippen LogP contribution in [0, 0.1) is 0 Å². The van der Waals surface area contributed by atoms with Crippen LogP contribution in [0.2, 0.25) is 0 Å². The van der Waals surface area contributed by atoms with E-state index < -0.39 is 0 Å². The molecule has 0 atom stereocenters. The van der Waals surface area contributed by atoms with Crippen molar-refractivity contribution in [3.63, 3.8) is 0 Å². The molecule has 0 radical (unpaired) electrons. The summed E-state index contributed by atoms with van der Waals surface area (Å²) in [5.41, 5.74) is 0. The monoisotopic (exact) mass is 366 g/mol. The Morgan fingerprint density at radius 1 is 1.17 bits per heavy atom. The first-order valence-corrected chi connectivity index (χ1v) is 9.27. The minimum absolute atomic E-state index is 0. The molecular formula is C17H19ClN2OS2. The summed E-state index contributed by atoms with van der Waals surface area (Å²) in [6, 6.07) is 11.1. The Bertz CT molecular complexity index is 833. The van der Waals surface area contributed by atoms with Gasteiger partial charge in [0.1, 0.15) is 0 Å². The smallest absolute Gasteiger partial charge is 0.263 e. The Morgan fingerprint density at radius 3 is 2.65 bits per heavy atom. The van der Waals surface area contributed by atoms with Gasteiger partial charge in [-0.3, -0.25) is 4.79 Å². The second kappa shape index (κ2) is 6.77. The fraction of sp³-hybridized carbons (Fsp3) is 0.353. The molecule has 0 aliphatic carbocycles. The molecule has 6 heteroatoms. The second-order valence-corrected chi connectivity index (χ2v) is 7.89. The maximum atomic E-state index is 12.7. The number of fused-ring (bicyclic) bond motifs is 3. The van der Waals surface area contributed by atoms with Gasteiger partial charge in [0.2, 0.25) is 0 Å². The van der Waals surface area contributed by atoms with Crippen molar-refractivity contribution in [2.75, 3.05) is 20.1 Å². The molecule has 1 amide bonds. The molecule has 1 N–H and O–H groups in total. The maximum absolute atomic E-state index is 12.7. The first kappa shape index (κ1) is 16.7. The van der Waals surface area contributed by atoms with Crippen LogP contribution in [0.5, 0.6) is 0 Å². The van der Waals surface area contributed by atoms with Crippen LogP contribution in [0.15, 0.2) is 30.3 Å². The molecule has 1 aliphatic rings. The van der Waals surface area contributed by atoms with Crippen LogP contribution in [0.3, 0.4) is 0 Å². The molecule has 0 spiro atoms. The van der Waals surface area contributed by atoms with Gasteiger partial charge in [0.05, 0.1) is 9.58 Å². The molecule has 3 nitrogen and oxygen atoms in total. The number of nitrogens with zero attached hydrogens (tertiary/aromatic N) is 1. The number of halogens is 1. The fourth-order valence-electron chi connectivity index (χ4n) is 3.13. The van der Waals surface area contributed by atoms with E-state index in [2.05, 4.69) is 35.6 Å². The Morgan fingerprint density at radius 2 is 1.91 bits per heavy atom. The summed E-state index contributed by atoms with van der Waals surface area (Å²) < 4.78 is 3.80. The number of hydrogen-bond donors (Lipinski definition) is 1. The van der Waals surface area contributed by atoms with Crippen LogP contribution >= 0.6 is 35.1 Å². The van der Waals surface area contributed by atoms with Crippen molar-refractivity contribution >= 4 is 60.5 Å². The molecule has 2 aromatic heterocycles. The van der Waals surface area contributed by atoms with Crippen LogP contribution in [0.25, 0.3) is 19.5 Å². The Hall–Kier alpha value is -1.14. The van der Waals surface area contributed by atoms with Crippen LogP contribution in [0.4, 0.5) is 0 Å². The zero-order valence-electron chi connectivity index (χ0n) is 12.9. The van der Waals surface area contributed by atoms with E-state index in [9.17, 15) is 4.79 Å². The third kappa shape index (κ3) is 2.98. The lowest BCUT2D eigenvalue weighted by molar-refractivity contribution is 0.0712. The highest BCUT2D eigenvalue weighted by Gasteiger charge is 2.24. The Balaban J connectivity index is 0.00000156. The third-order valence-electron chi connectivity index (χ3n) is 4.45. The topological polar surface area (TPSA) is 32.3 Å². The number of amides is 1. The summed E-state index contributed by atoms with van der Waals surface area (Å²) in [4.78, 5) is 15.6. The molecular weight excluding hydrogens is 348 g/mol. The number of carbonyl (C=O) groups excluding carboxylic acids is 1. The first-order valence-electron chi connectivity index (χ1n) is 7.64. The minimum Gasteiger partial charge on any atom is -0.338 e. The highest BCUT2D eigenvalue weighted by atomic mass is 35.5. The molecule has 0 saturated carbocycles. The predicted octanol–water partition coefficient (Wildman–Crippen LogP) is 4.36. The van der Waals surface area contributed by atoms with Crippen LogP contribution in [-0.4, -0.2) is 37.0 Å². The van der Waals surface area contributed by atoms with Crippen LogP contribution in [0.1, 0.15) is 22.5 Å². The van der Waals surface area contributed by atoms with Gasteiger partial charge < -0.3 is 10.2 Å². The third-order valence-corrected chi connectivity index (χ3v) is 6.85. The maximum Gasteiger partial charge on any atom is 0.263 e. The number of carbonyl (C=O) groups is 1. The molecule has 0 unspecified atom stereocenters. The van der Waals surface area contributed by atoms with Crippen molar-refractivity contribution in [1.82, 2.24) is 10.2 Å². The van der Waals surface area contributed by atoms with Gasteiger partial charge in [0.15, 0.2) is 0 Å². The van der Waals surface area contributed by atoms with Crippen molar-refractivity contribution in [1.29, 1.82) is 0 Å². The van der Waals surface area contributed by atoms with Gasteiger partial charge in [-0.15, -0.1) is 35.1 Å². The molecule has 122 valence electrons. The van der Waals surface area contributed by atoms with E-state index in [0.29, 0.717) is 6.04 Å². The molecule has 3 aromatic rings. The van der Waals surface area contributed by atoms with Gasteiger partial charge in [-0.2, -0.15) is 0 Å². The van der Waals surface area contributed by atoms with Gasteiger partial charge in [0, 0.05) is 33.9 Å². The Kier molecular flexibility index (Phi) is 4.92.